The zero-order valence-corrected chi connectivity index (χ0v) is 76.5. The number of aliphatic hydroxyl groups excluding tert-OH is 1. The van der Waals surface area contributed by atoms with Crippen LogP contribution in [0.25, 0.3) is 0 Å². The SMILES string of the molecule is CC(C)(C)C1=CCC2(CCC2)CC1.CC(C)(C)C1=CCCCCC1.CC(C)(C)N1CCC(CCO)CC1.CC(C)(C)N1CCC2(CCCC2)CC1.CC(C)(C)N1CCC2(CCCCC2)CC1.CC1(C)CCN(C(C)(C)C)CC1.CCC1(CC)CC=C(C(C)(C)C)CC1.CCC1CCN(C(C)(C)C)CC1. The molecule has 0 unspecified atom stereocenters. The summed E-state index contributed by atoms with van der Waals surface area (Å²) in [6, 6.07) is 0. The van der Waals surface area contributed by atoms with Crippen molar-refractivity contribution in [1.82, 2.24) is 24.5 Å². The Bertz CT molecular complexity index is 2400. The summed E-state index contributed by atoms with van der Waals surface area (Å²) in [4.78, 5) is 13.1. The van der Waals surface area contributed by atoms with Crippen molar-refractivity contribution < 1.29 is 5.11 Å². The Kier molecular flexibility index (Phi) is 38.2. The van der Waals surface area contributed by atoms with Crippen molar-refractivity contribution in [2.75, 3.05) is 72.1 Å². The highest BCUT2D eigenvalue weighted by molar-refractivity contribution is 5.18. The van der Waals surface area contributed by atoms with E-state index in [2.05, 4.69) is 244 Å². The highest BCUT2D eigenvalue weighted by Crippen LogP contribution is 2.53. The summed E-state index contributed by atoms with van der Waals surface area (Å²) in [6.07, 6.45) is 59.7. The van der Waals surface area contributed by atoms with Crippen molar-refractivity contribution in [2.45, 2.75) is 466 Å². The van der Waals surface area contributed by atoms with Crippen LogP contribution in [-0.2, 0) is 0 Å². The molecule has 0 aromatic rings. The number of hydrogen-bond acceptors (Lipinski definition) is 6. The maximum Gasteiger partial charge on any atom is 0.0433 e. The smallest absolute Gasteiger partial charge is 0.0433 e. The maximum atomic E-state index is 8.83. The van der Waals surface area contributed by atoms with Gasteiger partial charge < -0.3 is 5.11 Å². The third-order valence-electron chi connectivity index (χ3n) is 29.2. The summed E-state index contributed by atoms with van der Waals surface area (Å²) >= 11 is 0. The predicted octanol–water partition coefficient (Wildman–Crippen LogP) is 28.2. The van der Waals surface area contributed by atoms with Gasteiger partial charge in [-0.25, -0.2) is 0 Å². The van der Waals surface area contributed by atoms with Gasteiger partial charge in [0.1, 0.15) is 0 Å². The fraction of sp³-hybridized carbons (Fsp3) is 0.939. The van der Waals surface area contributed by atoms with Crippen molar-refractivity contribution in [2.24, 2.45) is 55.2 Å². The molecule has 0 aromatic heterocycles. The lowest BCUT2D eigenvalue weighted by Gasteiger charge is -2.48. The van der Waals surface area contributed by atoms with Gasteiger partial charge in [0.15, 0.2) is 0 Å². The molecule has 104 heavy (non-hydrogen) atoms. The molecule has 3 saturated carbocycles. The highest BCUT2D eigenvalue weighted by atomic mass is 16.3. The van der Waals surface area contributed by atoms with Gasteiger partial charge in [0.2, 0.25) is 0 Å². The quantitative estimate of drug-likeness (QED) is 0.277. The highest BCUT2D eigenvalue weighted by Gasteiger charge is 2.42. The van der Waals surface area contributed by atoms with Gasteiger partial charge in [0, 0.05) is 34.3 Å². The van der Waals surface area contributed by atoms with E-state index in [1.807, 2.05) is 0 Å². The minimum atomic E-state index is 0.324. The second-order valence-electron chi connectivity index (χ2n) is 45.5. The summed E-state index contributed by atoms with van der Waals surface area (Å²) in [5.41, 5.74) is 11.7. The molecule has 612 valence electrons. The largest absolute Gasteiger partial charge is 0.396 e. The van der Waals surface area contributed by atoms with Gasteiger partial charge in [-0.3, -0.25) is 24.5 Å². The van der Waals surface area contributed by atoms with Crippen LogP contribution in [0, 0.1) is 55.2 Å². The van der Waals surface area contributed by atoms with E-state index >= 15 is 0 Å². The summed E-state index contributed by atoms with van der Waals surface area (Å²) in [7, 11) is 0. The number of likely N-dealkylation sites (tertiary alicyclic amines) is 5. The van der Waals surface area contributed by atoms with Crippen molar-refractivity contribution in [1.29, 1.82) is 0 Å². The number of aliphatic hydroxyl groups is 1. The average molecular weight is 1450 g/mol. The first-order valence-corrected chi connectivity index (χ1v) is 45.4. The van der Waals surface area contributed by atoms with Crippen molar-refractivity contribution in [3.8, 4) is 0 Å². The summed E-state index contributed by atoms with van der Waals surface area (Å²) in [5.74, 6) is 1.77. The number of hydrogen-bond donors (Lipinski definition) is 1. The number of nitrogens with zero attached hydrogens (tertiary/aromatic N) is 5. The first kappa shape index (κ1) is 95.4. The third kappa shape index (κ3) is 33.3. The van der Waals surface area contributed by atoms with Crippen LogP contribution in [0.3, 0.4) is 0 Å². The summed E-state index contributed by atoms with van der Waals surface area (Å²) in [6.45, 7) is 80.9. The molecule has 5 heterocycles. The Morgan fingerprint density at radius 1 is 0.327 bits per heavy atom. The molecule has 6 heteroatoms. The fourth-order valence-corrected chi connectivity index (χ4v) is 19.6. The first-order chi connectivity index (χ1) is 48.0. The van der Waals surface area contributed by atoms with E-state index in [4.69, 9.17) is 5.11 Å². The van der Waals surface area contributed by atoms with Gasteiger partial charge >= 0.3 is 0 Å². The van der Waals surface area contributed by atoms with Crippen LogP contribution < -0.4 is 0 Å². The van der Waals surface area contributed by atoms with Gasteiger partial charge in [-0.05, 0) is 398 Å². The Morgan fingerprint density at radius 2 is 0.654 bits per heavy atom. The third-order valence-corrected chi connectivity index (χ3v) is 29.2. The Hall–Kier alpha value is -1.02. The average Bonchev–Trinajstić information content (AvgIpc) is 1.01. The lowest BCUT2D eigenvalue weighted by atomic mass is 9.60. The Balaban J connectivity index is 0.000000252. The standard InChI is InChI=1S/C14H27N.C14H26.C13H25N.C13H22.C11H23NO.2C11H23N.C11H20/c1-13(2,3)15-11-9-14(10-12-15)7-5-4-6-8-14;1-6-14(7-2)10-8-12(9-11-14)13(3,4)5;1-12(2,3)14-10-8-13(9-11-14)6-4-5-7-13;1-12(2,3)11-5-9-13(10-6-11)7-4-8-13;1-11(2,3)12-7-4-10(5-8-12)6-9-13;1-10(2,3)12-8-6-11(4,5)7-9-12;1-5-10-6-8-12(9-7-10)11(2,3)4;1-11(2,3)10-8-6-4-5-7-9-10/h4-12H2,1-3H3;8H,6-7,9-11H2,1-5H3;4-11H2,1-3H3;5H,4,6-10H2,1-3H3;10,13H,4-9H2,1-3H3;6-9H2,1-5H3;10H,5-9H2,1-4H3;8H,4-7,9H2,1-3H3. The van der Waals surface area contributed by atoms with Crippen LogP contribution in [0.1, 0.15) is 438 Å². The lowest BCUT2D eigenvalue weighted by molar-refractivity contribution is 0.0222. The van der Waals surface area contributed by atoms with Gasteiger partial charge in [0.25, 0.3) is 0 Å². The predicted molar refractivity (Wildman–Crippen MR) is 465 cm³/mol. The van der Waals surface area contributed by atoms with E-state index in [1.165, 1.54) is 297 Å². The summed E-state index contributed by atoms with van der Waals surface area (Å²) < 4.78 is 0. The normalized spacial score (nSPS) is 24.8. The number of piperidine rings is 5. The molecule has 0 radical (unpaired) electrons. The maximum absolute atomic E-state index is 8.83. The van der Waals surface area contributed by atoms with E-state index in [-0.39, 0.29) is 0 Å². The molecule has 11 aliphatic rings. The molecule has 5 saturated heterocycles. The molecular weight excluding hydrogens is 1260 g/mol. The van der Waals surface area contributed by atoms with Gasteiger partial charge in [0.05, 0.1) is 0 Å². The molecule has 11 rings (SSSR count). The van der Waals surface area contributed by atoms with Crippen molar-refractivity contribution in [3.63, 3.8) is 0 Å². The molecule has 5 aliphatic heterocycles. The van der Waals surface area contributed by atoms with Crippen LogP contribution >= 0.6 is 0 Å². The molecule has 0 bridgehead atoms. The first-order valence-electron chi connectivity index (χ1n) is 45.4. The molecule has 6 aliphatic carbocycles. The van der Waals surface area contributed by atoms with Crippen LogP contribution in [0.4, 0.5) is 0 Å². The zero-order chi connectivity index (χ0) is 78.3. The molecule has 6 nitrogen and oxygen atoms in total. The molecule has 3 spiro atoms. The van der Waals surface area contributed by atoms with E-state index < -0.39 is 0 Å². The minimum Gasteiger partial charge on any atom is -0.396 e. The van der Waals surface area contributed by atoms with Crippen LogP contribution in [0.5, 0.6) is 0 Å². The zero-order valence-electron chi connectivity index (χ0n) is 76.5. The molecule has 1 N–H and O–H groups in total. The topological polar surface area (TPSA) is 36.4 Å². The number of allylic oxidation sites excluding steroid dienone is 6. The monoisotopic (exact) mass is 1450 g/mol. The number of rotatable bonds is 5. The second-order valence-corrected chi connectivity index (χ2v) is 45.5. The Morgan fingerprint density at radius 3 is 0.962 bits per heavy atom. The lowest BCUT2D eigenvalue weighted by Crippen LogP contribution is -2.49. The van der Waals surface area contributed by atoms with Crippen molar-refractivity contribution >= 4 is 0 Å². The molecule has 0 atom stereocenters. The van der Waals surface area contributed by atoms with Crippen LogP contribution in [-0.4, -0.2) is 129 Å². The Labute approximate surface area is 654 Å². The van der Waals surface area contributed by atoms with Gasteiger partial charge in [-0.2, -0.15) is 0 Å². The van der Waals surface area contributed by atoms with Crippen LogP contribution in [0.15, 0.2) is 34.9 Å². The van der Waals surface area contributed by atoms with E-state index in [0.29, 0.717) is 61.4 Å². The second kappa shape index (κ2) is 41.7. The van der Waals surface area contributed by atoms with Gasteiger partial charge in [-0.1, -0.05) is 196 Å². The molecule has 0 aromatic carbocycles. The van der Waals surface area contributed by atoms with E-state index in [9.17, 15) is 0 Å². The molecule has 8 fully saturated rings. The van der Waals surface area contributed by atoms with Crippen molar-refractivity contribution in [3.05, 3.63) is 34.9 Å². The molecule has 0 amide bonds. The van der Waals surface area contributed by atoms with Gasteiger partial charge in [-0.15, -0.1) is 0 Å². The van der Waals surface area contributed by atoms with Crippen LogP contribution in [0.2, 0.25) is 0 Å². The van der Waals surface area contributed by atoms with E-state index in [0.717, 1.165) is 34.5 Å². The molecular formula is C98H189N5O. The minimum absolute atomic E-state index is 0.324. The fourth-order valence-electron chi connectivity index (χ4n) is 19.6. The summed E-state index contributed by atoms with van der Waals surface area (Å²) in [5, 5.41) is 8.83. The van der Waals surface area contributed by atoms with E-state index in [1.54, 1.807) is 16.7 Å².